The first-order chi connectivity index (χ1) is 9.74. The summed E-state index contributed by atoms with van der Waals surface area (Å²) in [6, 6.07) is 14.4. The molecule has 1 aliphatic rings. The minimum Gasteiger partial charge on any atom is -0.349 e. The Bertz CT molecular complexity index is 620. The molecule has 0 bridgehead atoms. The Kier molecular flexibility index (Phi) is 3.72. The van der Waals surface area contributed by atoms with Crippen LogP contribution in [0.2, 0.25) is 0 Å². The van der Waals surface area contributed by atoms with Crippen LogP contribution in [0.3, 0.4) is 0 Å². The lowest BCUT2D eigenvalue weighted by Crippen LogP contribution is -2.41. The lowest BCUT2D eigenvalue weighted by Gasteiger charge is -2.29. The molecule has 1 fully saturated rings. The molecule has 2 atom stereocenters. The number of nitrogens with one attached hydrogen (secondary N) is 1. The SMILES string of the molecule is C[C@@H]1CCCC[C@@H]1NC(=O)c1ccc2ccccc2c1. The van der Waals surface area contributed by atoms with Crippen molar-refractivity contribution in [2.75, 3.05) is 0 Å². The van der Waals surface area contributed by atoms with Gasteiger partial charge in [-0.15, -0.1) is 0 Å². The molecule has 1 N–H and O–H groups in total. The summed E-state index contributed by atoms with van der Waals surface area (Å²) in [5, 5.41) is 5.51. The summed E-state index contributed by atoms with van der Waals surface area (Å²) in [5.74, 6) is 0.655. The largest absolute Gasteiger partial charge is 0.349 e. The second-order valence-corrected chi connectivity index (χ2v) is 5.90. The van der Waals surface area contributed by atoms with Gasteiger partial charge < -0.3 is 5.32 Å². The molecular weight excluding hydrogens is 246 g/mol. The van der Waals surface area contributed by atoms with Crippen LogP contribution in [0.4, 0.5) is 0 Å². The molecule has 0 spiro atoms. The van der Waals surface area contributed by atoms with Gasteiger partial charge in [-0.25, -0.2) is 0 Å². The van der Waals surface area contributed by atoms with Crippen molar-refractivity contribution in [3.63, 3.8) is 0 Å². The molecule has 2 aromatic rings. The van der Waals surface area contributed by atoms with Crippen LogP contribution < -0.4 is 5.32 Å². The number of amides is 1. The Morgan fingerprint density at radius 1 is 1.05 bits per heavy atom. The van der Waals surface area contributed by atoms with Gasteiger partial charge in [-0.1, -0.05) is 50.1 Å². The summed E-state index contributed by atoms with van der Waals surface area (Å²) >= 11 is 0. The van der Waals surface area contributed by atoms with E-state index in [0.717, 1.165) is 17.4 Å². The number of hydrogen-bond acceptors (Lipinski definition) is 1. The molecule has 0 aliphatic heterocycles. The smallest absolute Gasteiger partial charge is 0.251 e. The molecular formula is C18H21NO. The second kappa shape index (κ2) is 5.66. The van der Waals surface area contributed by atoms with E-state index >= 15 is 0 Å². The Balaban J connectivity index is 1.78. The van der Waals surface area contributed by atoms with Gasteiger partial charge in [0.1, 0.15) is 0 Å². The summed E-state index contributed by atoms with van der Waals surface area (Å²) in [5.41, 5.74) is 0.765. The van der Waals surface area contributed by atoms with Crippen molar-refractivity contribution in [2.45, 2.75) is 38.6 Å². The van der Waals surface area contributed by atoms with Gasteiger partial charge in [0.2, 0.25) is 0 Å². The van der Waals surface area contributed by atoms with Crippen LogP contribution in [0.5, 0.6) is 0 Å². The van der Waals surface area contributed by atoms with Crippen molar-refractivity contribution in [1.82, 2.24) is 5.32 Å². The highest BCUT2D eigenvalue weighted by molar-refractivity contribution is 5.98. The Labute approximate surface area is 120 Å². The van der Waals surface area contributed by atoms with Crippen LogP contribution in [0.25, 0.3) is 10.8 Å². The third kappa shape index (κ3) is 2.69. The van der Waals surface area contributed by atoms with E-state index in [1.54, 1.807) is 0 Å². The quantitative estimate of drug-likeness (QED) is 0.870. The predicted octanol–water partition coefficient (Wildman–Crippen LogP) is 4.15. The predicted molar refractivity (Wildman–Crippen MR) is 82.8 cm³/mol. The fourth-order valence-electron chi connectivity index (χ4n) is 3.11. The first-order valence-electron chi connectivity index (χ1n) is 7.54. The van der Waals surface area contributed by atoms with Crippen LogP contribution in [-0.4, -0.2) is 11.9 Å². The van der Waals surface area contributed by atoms with Gasteiger partial charge in [-0.3, -0.25) is 4.79 Å². The normalized spacial score (nSPS) is 22.6. The van der Waals surface area contributed by atoms with Crippen molar-refractivity contribution in [3.8, 4) is 0 Å². The summed E-state index contributed by atoms with van der Waals surface area (Å²) in [4.78, 5) is 12.4. The van der Waals surface area contributed by atoms with Gasteiger partial charge >= 0.3 is 0 Å². The zero-order valence-corrected chi connectivity index (χ0v) is 11.9. The van der Waals surface area contributed by atoms with Crippen molar-refractivity contribution in [1.29, 1.82) is 0 Å². The number of fused-ring (bicyclic) bond motifs is 1. The Morgan fingerprint density at radius 3 is 2.60 bits per heavy atom. The molecule has 2 heteroatoms. The number of carbonyl (C=O) groups excluding carboxylic acids is 1. The highest BCUT2D eigenvalue weighted by Crippen LogP contribution is 2.24. The average Bonchev–Trinajstić information content (AvgIpc) is 2.49. The zero-order chi connectivity index (χ0) is 13.9. The molecule has 2 nitrogen and oxygen atoms in total. The van der Waals surface area contributed by atoms with Gasteiger partial charge in [0.15, 0.2) is 0 Å². The van der Waals surface area contributed by atoms with E-state index < -0.39 is 0 Å². The molecule has 0 radical (unpaired) electrons. The molecule has 0 unspecified atom stereocenters. The number of rotatable bonds is 2. The van der Waals surface area contributed by atoms with Crippen LogP contribution in [0.15, 0.2) is 42.5 Å². The molecule has 20 heavy (non-hydrogen) atoms. The molecule has 3 rings (SSSR count). The molecule has 0 saturated heterocycles. The van der Waals surface area contributed by atoms with E-state index in [1.165, 1.54) is 24.6 Å². The topological polar surface area (TPSA) is 29.1 Å². The minimum absolute atomic E-state index is 0.0644. The summed E-state index contributed by atoms with van der Waals surface area (Å²) in [7, 11) is 0. The molecule has 1 saturated carbocycles. The lowest BCUT2D eigenvalue weighted by molar-refractivity contribution is 0.0910. The average molecular weight is 267 g/mol. The third-order valence-corrected chi connectivity index (χ3v) is 4.44. The van der Waals surface area contributed by atoms with Crippen LogP contribution in [-0.2, 0) is 0 Å². The van der Waals surface area contributed by atoms with E-state index in [-0.39, 0.29) is 5.91 Å². The molecule has 2 aromatic carbocycles. The second-order valence-electron chi connectivity index (χ2n) is 5.90. The van der Waals surface area contributed by atoms with Crippen molar-refractivity contribution < 1.29 is 4.79 Å². The van der Waals surface area contributed by atoms with E-state index in [2.05, 4.69) is 24.4 Å². The lowest BCUT2D eigenvalue weighted by atomic mass is 9.86. The van der Waals surface area contributed by atoms with Gasteiger partial charge in [0.05, 0.1) is 0 Å². The van der Waals surface area contributed by atoms with Crippen molar-refractivity contribution in [3.05, 3.63) is 48.0 Å². The monoisotopic (exact) mass is 267 g/mol. The maximum Gasteiger partial charge on any atom is 0.251 e. The van der Waals surface area contributed by atoms with E-state index in [4.69, 9.17) is 0 Å². The van der Waals surface area contributed by atoms with Crippen LogP contribution in [0, 0.1) is 5.92 Å². The molecule has 1 amide bonds. The number of carbonyl (C=O) groups is 1. The van der Waals surface area contributed by atoms with E-state index in [0.29, 0.717) is 12.0 Å². The highest BCUT2D eigenvalue weighted by Gasteiger charge is 2.23. The number of benzene rings is 2. The molecule has 104 valence electrons. The molecule has 0 heterocycles. The van der Waals surface area contributed by atoms with Gasteiger partial charge in [-0.2, -0.15) is 0 Å². The maximum absolute atomic E-state index is 12.4. The Hall–Kier alpha value is -1.83. The first kappa shape index (κ1) is 13.2. The summed E-state index contributed by atoms with van der Waals surface area (Å²) in [6.07, 6.45) is 4.86. The van der Waals surface area contributed by atoms with Crippen LogP contribution in [0.1, 0.15) is 43.0 Å². The summed E-state index contributed by atoms with van der Waals surface area (Å²) < 4.78 is 0. The van der Waals surface area contributed by atoms with Crippen LogP contribution >= 0.6 is 0 Å². The standard InChI is InChI=1S/C18H21NO/c1-13-6-2-5-9-17(13)19-18(20)16-11-10-14-7-3-4-8-15(14)12-16/h3-4,7-8,10-13,17H,2,5-6,9H2,1H3,(H,19,20)/t13-,17+/m1/s1. The Morgan fingerprint density at radius 2 is 1.80 bits per heavy atom. The van der Waals surface area contributed by atoms with E-state index in [9.17, 15) is 4.79 Å². The van der Waals surface area contributed by atoms with Gasteiger partial charge in [-0.05, 0) is 41.7 Å². The minimum atomic E-state index is 0.0644. The fraction of sp³-hybridized carbons (Fsp3) is 0.389. The van der Waals surface area contributed by atoms with Crippen molar-refractivity contribution >= 4 is 16.7 Å². The zero-order valence-electron chi connectivity index (χ0n) is 11.9. The summed E-state index contributed by atoms with van der Waals surface area (Å²) in [6.45, 7) is 2.24. The van der Waals surface area contributed by atoms with Crippen molar-refractivity contribution in [2.24, 2.45) is 5.92 Å². The highest BCUT2D eigenvalue weighted by atomic mass is 16.1. The number of hydrogen-bond donors (Lipinski definition) is 1. The maximum atomic E-state index is 12.4. The third-order valence-electron chi connectivity index (χ3n) is 4.44. The fourth-order valence-corrected chi connectivity index (χ4v) is 3.11. The van der Waals surface area contributed by atoms with Gasteiger partial charge in [0, 0.05) is 11.6 Å². The molecule has 0 aromatic heterocycles. The van der Waals surface area contributed by atoms with E-state index in [1.807, 2.05) is 30.3 Å². The first-order valence-corrected chi connectivity index (χ1v) is 7.54. The molecule has 1 aliphatic carbocycles. The van der Waals surface area contributed by atoms with Gasteiger partial charge in [0.25, 0.3) is 5.91 Å².